The molecule has 1 aliphatic rings. The molecule has 0 saturated heterocycles. The van der Waals surface area contributed by atoms with Crippen LogP contribution in [0.15, 0.2) is 72.8 Å². The van der Waals surface area contributed by atoms with Crippen LogP contribution in [0.25, 0.3) is 33.3 Å². The van der Waals surface area contributed by atoms with E-state index in [4.69, 9.17) is 9.97 Å². The lowest BCUT2D eigenvalue weighted by molar-refractivity contribution is 0.585. The van der Waals surface area contributed by atoms with Crippen LogP contribution in [0.1, 0.15) is 54.1 Å². The summed E-state index contributed by atoms with van der Waals surface area (Å²) in [5, 5.41) is 1.04. The van der Waals surface area contributed by atoms with Crippen LogP contribution in [0.4, 0.5) is 14.7 Å². The maximum atomic E-state index is 13.8. The van der Waals surface area contributed by atoms with Crippen molar-refractivity contribution in [2.45, 2.75) is 45.4 Å². The zero-order valence-electron chi connectivity index (χ0n) is 25.3. The van der Waals surface area contributed by atoms with Crippen molar-refractivity contribution in [3.63, 3.8) is 0 Å². The number of nitrogens with zero attached hydrogens (tertiary/aromatic N) is 4. The fraction of sp³-hybridized carbons (Fsp3) is 0.286. The van der Waals surface area contributed by atoms with Crippen molar-refractivity contribution < 1.29 is 17.2 Å². The molecule has 0 amide bonds. The van der Waals surface area contributed by atoms with Gasteiger partial charge in [0.25, 0.3) is 0 Å². The van der Waals surface area contributed by atoms with Gasteiger partial charge in [0.15, 0.2) is 0 Å². The molecule has 0 radical (unpaired) electrons. The Bertz CT molecular complexity index is 1980. The summed E-state index contributed by atoms with van der Waals surface area (Å²) in [6.45, 7) is 6.14. The molecule has 2 heterocycles. The Hall–Kier alpha value is -4.24. The molecule has 0 bridgehead atoms. The molecule has 1 saturated carbocycles. The van der Waals surface area contributed by atoms with Gasteiger partial charge in [-0.1, -0.05) is 37.3 Å². The second kappa shape index (κ2) is 11.4. The average Bonchev–Trinajstić information content (AvgIpc) is 3.75. The largest absolute Gasteiger partial charge is 0.252 e. The predicted octanol–water partition coefficient (Wildman–Crippen LogP) is 7.95. The molecule has 6 rings (SSSR count). The highest BCUT2D eigenvalue weighted by Crippen LogP contribution is 2.54. The Kier molecular flexibility index (Phi) is 7.70. The van der Waals surface area contributed by atoms with Crippen molar-refractivity contribution in [1.82, 2.24) is 15.0 Å². The molecule has 3 aromatic carbocycles. The second-order valence-corrected chi connectivity index (χ2v) is 13.9. The van der Waals surface area contributed by atoms with Crippen LogP contribution < -0.4 is 4.31 Å². The number of hydrogen-bond acceptors (Lipinski definition) is 5. The maximum Gasteiger partial charge on any atom is 0.239 e. The van der Waals surface area contributed by atoms with Gasteiger partial charge in [-0.15, -0.1) is 0 Å². The minimum absolute atomic E-state index is 0.00348. The number of para-hydroxylation sites is 1. The summed E-state index contributed by atoms with van der Waals surface area (Å²) in [7, 11) is -2.17. The van der Waals surface area contributed by atoms with E-state index in [2.05, 4.69) is 24.9 Å². The first-order valence-electron chi connectivity index (χ1n) is 14.7. The van der Waals surface area contributed by atoms with Crippen molar-refractivity contribution in [3.05, 3.63) is 107 Å². The van der Waals surface area contributed by atoms with Gasteiger partial charge in [0, 0.05) is 29.6 Å². The molecule has 1 aliphatic carbocycles. The van der Waals surface area contributed by atoms with Gasteiger partial charge < -0.3 is 0 Å². The van der Waals surface area contributed by atoms with Crippen molar-refractivity contribution in [3.8, 4) is 22.4 Å². The van der Waals surface area contributed by atoms with Crippen LogP contribution in [0, 0.1) is 31.4 Å². The van der Waals surface area contributed by atoms with Gasteiger partial charge in [-0.25, -0.2) is 31.5 Å². The molecule has 44 heavy (non-hydrogen) atoms. The summed E-state index contributed by atoms with van der Waals surface area (Å²) in [5.41, 5.74) is 7.99. The molecular formula is C35H34F2N4O2S. The van der Waals surface area contributed by atoms with Gasteiger partial charge in [-0.05, 0) is 103 Å². The van der Waals surface area contributed by atoms with Gasteiger partial charge in [0.1, 0.15) is 11.6 Å². The third-order valence-corrected chi connectivity index (χ3v) is 9.93. The Morgan fingerprint density at radius 1 is 0.864 bits per heavy atom. The summed E-state index contributed by atoms with van der Waals surface area (Å²) in [6, 6.07) is 20.7. The Morgan fingerprint density at radius 2 is 1.48 bits per heavy atom. The molecule has 3 unspecified atom stereocenters. The fourth-order valence-corrected chi connectivity index (χ4v) is 6.64. The number of halogens is 2. The van der Waals surface area contributed by atoms with Gasteiger partial charge in [0.05, 0.1) is 23.2 Å². The Labute approximate surface area is 256 Å². The number of rotatable bonds is 8. The summed E-state index contributed by atoms with van der Waals surface area (Å²) in [5.74, 6) is 0.0762. The molecule has 6 nitrogen and oxygen atoms in total. The number of hydrogen-bond donors (Lipinski definition) is 0. The van der Waals surface area contributed by atoms with Crippen LogP contribution in [-0.2, 0) is 10.0 Å². The molecule has 3 atom stereocenters. The lowest BCUT2D eigenvalue weighted by Gasteiger charge is -2.21. The fourth-order valence-electron chi connectivity index (χ4n) is 6.26. The van der Waals surface area contributed by atoms with Crippen molar-refractivity contribution >= 4 is 26.9 Å². The number of sulfonamides is 1. The minimum atomic E-state index is -3.61. The van der Waals surface area contributed by atoms with E-state index in [-0.39, 0.29) is 29.4 Å². The van der Waals surface area contributed by atoms with E-state index in [1.54, 1.807) is 12.1 Å². The Morgan fingerprint density at radius 3 is 2.11 bits per heavy atom. The minimum Gasteiger partial charge on any atom is -0.252 e. The van der Waals surface area contributed by atoms with E-state index in [9.17, 15) is 17.2 Å². The van der Waals surface area contributed by atoms with Crippen molar-refractivity contribution in [1.29, 1.82) is 0 Å². The summed E-state index contributed by atoms with van der Waals surface area (Å²) in [6.07, 6.45) is 2.92. The van der Waals surface area contributed by atoms with Gasteiger partial charge >= 0.3 is 0 Å². The maximum absolute atomic E-state index is 13.8. The second-order valence-electron chi connectivity index (χ2n) is 11.9. The highest BCUT2D eigenvalue weighted by atomic mass is 32.2. The topological polar surface area (TPSA) is 76.1 Å². The molecule has 9 heteroatoms. The first-order valence-corrected chi connectivity index (χ1v) is 16.5. The van der Waals surface area contributed by atoms with E-state index >= 15 is 0 Å². The monoisotopic (exact) mass is 612 g/mol. The molecular weight excluding hydrogens is 578 g/mol. The number of anilines is 1. The number of fused-ring (bicyclic) bond motifs is 1. The van der Waals surface area contributed by atoms with E-state index in [0.717, 1.165) is 67.9 Å². The third-order valence-electron chi connectivity index (χ3n) is 8.77. The zero-order valence-corrected chi connectivity index (χ0v) is 26.2. The van der Waals surface area contributed by atoms with Gasteiger partial charge in [-0.3, -0.25) is 4.98 Å². The molecule has 0 N–H and O–H groups in total. The summed E-state index contributed by atoms with van der Waals surface area (Å²) >= 11 is 0. The lowest BCUT2D eigenvalue weighted by atomic mass is 9.91. The van der Waals surface area contributed by atoms with Crippen LogP contribution in [0.5, 0.6) is 0 Å². The number of benzene rings is 3. The lowest BCUT2D eigenvalue weighted by Crippen LogP contribution is -2.27. The molecule has 0 spiro atoms. The quantitative estimate of drug-likeness (QED) is 0.178. The van der Waals surface area contributed by atoms with E-state index in [1.807, 2.05) is 37.3 Å². The first-order chi connectivity index (χ1) is 20.9. The van der Waals surface area contributed by atoms with Gasteiger partial charge in [0.2, 0.25) is 16.0 Å². The summed E-state index contributed by atoms with van der Waals surface area (Å²) in [4.78, 5) is 14.5. The molecule has 2 aromatic heterocycles. The zero-order chi connectivity index (χ0) is 31.3. The predicted molar refractivity (Wildman–Crippen MR) is 171 cm³/mol. The van der Waals surface area contributed by atoms with Crippen LogP contribution in [-0.4, -0.2) is 36.7 Å². The smallest absolute Gasteiger partial charge is 0.239 e. The third kappa shape index (κ3) is 5.68. The highest BCUT2D eigenvalue weighted by molar-refractivity contribution is 7.92. The van der Waals surface area contributed by atoms with Crippen molar-refractivity contribution in [2.24, 2.45) is 5.92 Å². The molecule has 226 valence electrons. The normalized spacial score (nSPS) is 17.1. The standard InChI is InChI=1S/C35H34F2N4O2S/c1-20(32-22(3)33(24-12-16-27(37)17-13-24)40-35(39-32)41(4)44(5,42)43)18-25-19-29(25)34-21(2)31(23-10-14-26(36)15-11-23)28-8-6-7-9-30(28)38-34/h6-17,20,25,29H,18-19H2,1-5H3. The summed E-state index contributed by atoms with van der Waals surface area (Å²) < 4.78 is 53.4. The van der Waals surface area contributed by atoms with E-state index in [0.29, 0.717) is 17.2 Å². The van der Waals surface area contributed by atoms with Crippen LogP contribution in [0.3, 0.4) is 0 Å². The molecule has 1 fully saturated rings. The highest BCUT2D eigenvalue weighted by Gasteiger charge is 2.42. The van der Waals surface area contributed by atoms with Crippen LogP contribution in [0.2, 0.25) is 0 Å². The molecule has 0 aliphatic heterocycles. The van der Waals surface area contributed by atoms with Crippen molar-refractivity contribution in [2.75, 3.05) is 17.6 Å². The number of pyridine rings is 1. The van der Waals surface area contributed by atoms with Gasteiger partial charge in [-0.2, -0.15) is 0 Å². The van der Waals surface area contributed by atoms with Crippen LogP contribution >= 0.6 is 0 Å². The van der Waals surface area contributed by atoms with E-state index < -0.39 is 10.0 Å². The molecule has 5 aromatic rings. The average molecular weight is 613 g/mol. The first kappa shape index (κ1) is 29.8. The van der Waals surface area contributed by atoms with E-state index in [1.165, 1.54) is 31.3 Å². The number of aromatic nitrogens is 3. The SMILES string of the molecule is Cc1c(-c2ccc(F)cc2)nc(N(C)S(C)(=O)=O)nc1C(C)CC1CC1c1nc2ccccc2c(-c2ccc(F)cc2)c1C. The Balaban J connectivity index is 1.34.